The Morgan fingerprint density at radius 3 is 2.62 bits per heavy atom. The maximum absolute atomic E-state index is 5.53. The van der Waals surface area contributed by atoms with Gasteiger partial charge in [-0.05, 0) is 18.6 Å². The lowest BCUT2D eigenvalue weighted by atomic mass is 10.3. The Hall–Kier alpha value is -1.58. The molecule has 2 rings (SSSR count). The van der Waals surface area contributed by atoms with Crippen LogP contribution in [0.5, 0.6) is 0 Å². The number of nitrogens with two attached hydrogens (primary N) is 1. The maximum atomic E-state index is 5.53. The summed E-state index contributed by atoms with van der Waals surface area (Å²) in [4.78, 5) is 0. The summed E-state index contributed by atoms with van der Waals surface area (Å²) in [6.07, 6.45) is 1.84. The van der Waals surface area contributed by atoms with E-state index < -0.39 is 0 Å². The summed E-state index contributed by atoms with van der Waals surface area (Å²) < 4.78 is 1.76. The third-order valence-electron chi connectivity index (χ3n) is 1.66. The van der Waals surface area contributed by atoms with Crippen LogP contribution in [0.1, 0.15) is 19.4 Å². The van der Waals surface area contributed by atoms with Gasteiger partial charge in [0.05, 0.1) is 0 Å². The highest BCUT2D eigenvalue weighted by Gasteiger charge is 2.01. The Morgan fingerprint density at radius 1 is 1.31 bits per heavy atom. The van der Waals surface area contributed by atoms with Crippen LogP contribution < -0.4 is 5.73 Å². The number of pyridine rings is 1. The molecular weight excluding hydrogens is 164 g/mol. The van der Waals surface area contributed by atoms with Crippen molar-refractivity contribution in [1.29, 1.82) is 0 Å². The third-order valence-corrected chi connectivity index (χ3v) is 1.66. The summed E-state index contributed by atoms with van der Waals surface area (Å²) in [6, 6.07) is 3.89. The summed E-state index contributed by atoms with van der Waals surface area (Å²) in [7, 11) is 0. The fourth-order valence-corrected chi connectivity index (χ4v) is 1.07. The summed E-state index contributed by atoms with van der Waals surface area (Å²) in [5, 5.41) is 7.65. The molecule has 0 radical (unpaired) electrons. The Balaban J connectivity index is 0.000000396. The van der Waals surface area contributed by atoms with Gasteiger partial charge in [0.25, 0.3) is 0 Å². The van der Waals surface area contributed by atoms with Gasteiger partial charge in [-0.15, -0.1) is 10.2 Å². The first-order valence-electron chi connectivity index (χ1n) is 4.35. The molecule has 2 aromatic heterocycles. The van der Waals surface area contributed by atoms with Gasteiger partial charge in [-0.2, -0.15) is 0 Å². The number of fused-ring (bicyclic) bond motifs is 1. The van der Waals surface area contributed by atoms with Gasteiger partial charge in [-0.25, -0.2) is 0 Å². The average Bonchev–Trinajstić information content (AvgIpc) is 2.53. The predicted molar refractivity (Wildman–Crippen MR) is 53.5 cm³/mol. The van der Waals surface area contributed by atoms with E-state index in [1.807, 2.05) is 39.1 Å². The van der Waals surface area contributed by atoms with E-state index in [2.05, 4.69) is 10.2 Å². The number of nitrogens with zero attached hydrogens (tertiary/aromatic N) is 3. The highest BCUT2D eigenvalue weighted by atomic mass is 15.3. The number of hydrogen-bond donors (Lipinski definition) is 1. The zero-order valence-electron chi connectivity index (χ0n) is 8.15. The minimum absolute atomic E-state index is 0.434. The predicted octanol–water partition coefficient (Wildman–Crippen LogP) is 1.65. The first kappa shape index (κ1) is 9.51. The molecule has 0 aliphatic rings. The van der Waals surface area contributed by atoms with E-state index >= 15 is 0 Å². The van der Waals surface area contributed by atoms with Crippen LogP contribution in [0.25, 0.3) is 5.65 Å². The van der Waals surface area contributed by atoms with Gasteiger partial charge in [-0.3, -0.25) is 4.40 Å². The lowest BCUT2D eigenvalue weighted by Crippen LogP contribution is -1.93. The molecule has 70 valence electrons. The lowest BCUT2D eigenvalue weighted by Gasteiger charge is -1.94. The van der Waals surface area contributed by atoms with Crippen molar-refractivity contribution in [3.05, 3.63) is 23.9 Å². The molecular formula is C9H14N4. The molecule has 0 amide bonds. The van der Waals surface area contributed by atoms with E-state index in [0.717, 1.165) is 11.2 Å². The van der Waals surface area contributed by atoms with Crippen LogP contribution in [0, 0.1) is 6.92 Å². The van der Waals surface area contributed by atoms with Crippen LogP contribution >= 0.6 is 0 Å². The van der Waals surface area contributed by atoms with Crippen LogP contribution in [0.15, 0.2) is 18.3 Å². The van der Waals surface area contributed by atoms with E-state index in [0.29, 0.717) is 5.95 Å². The molecule has 0 atom stereocenters. The summed E-state index contributed by atoms with van der Waals surface area (Å²) in [5.74, 6) is 0.434. The van der Waals surface area contributed by atoms with E-state index in [1.54, 1.807) is 4.40 Å². The largest absolute Gasteiger partial charge is 0.368 e. The smallest absolute Gasteiger partial charge is 0.226 e. The molecule has 13 heavy (non-hydrogen) atoms. The van der Waals surface area contributed by atoms with Crippen LogP contribution in [-0.4, -0.2) is 14.6 Å². The maximum Gasteiger partial charge on any atom is 0.226 e. The number of aryl methyl sites for hydroxylation is 1. The first-order chi connectivity index (χ1) is 6.29. The number of nitrogen functional groups attached to an aromatic ring is 1. The SMILES string of the molecule is CC.Cc1cccn2c(N)nnc12. The zero-order valence-corrected chi connectivity index (χ0v) is 8.15. The second-order valence-corrected chi connectivity index (χ2v) is 2.44. The first-order valence-corrected chi connectivity index (χ1v) is 4.35. The molecule has 0 saturated heterocycles. The molecule has 0 aliphatic heterocycles. The number of aromatic nitrogens is 3. The standard InChI is InChI=1S/C7H8N4.C2H6/c1-5-3-2-4-11-6(5)9-10-7(11)8;1-2/h2-4H,1H3,(H2,8,10);1-2H3. The Morgan fingerprint density at radius 2 is 2.00 bits per heavy atom. The highest BCUT2D eigenvalue weighted by Crippen LogP contribution is 2.08. The number of anilines is 1. The fraction of sp³-hybridized carbons (Fsp3) is 0.333. The van der Waals surface area contributed by atoms with Crippen molar-refractivity contribution < 1.29 is 0 Å². The van der Waals surface area contributed by atoms with Gasteiger partial charge in [-0.1, -0.05) is 19.9 Å². The quantitative estimate of drug-likeness (QED) is 0.667. The van der Waals surface area contributed by atoms with Crippen molar-refractivity contribution in [1.82, 2.24) is 14.6 Å². The van der Waals surface area contributed by atoms with Crippen molar-refractivity contribution in [3.8, 4) is 0 Å². The fourth-order valence-electron chi connectivity index (χ4n) is 1.07. The zero-order chi connectivity index (χ0) is 9.84. The third kappa shape index (κ3) is 1.61. The van der Waals surface area contributed by atoms with Gasteiger partial charge in [0.1, 0.15) is 0 Å². The second kappa shape index (κ2) is 3.89. The highest BCUT2D eigenvalue weighted by molar-refractivity contribution is 5.49. The van der Waals surface area contributed by atoms with Gasteiger partial charge in [0.2, 0.25) is 5.95 Å². The molecule has 4 heteroatoms. The topological polar surface area (TPSA) is 56.2 Å². The monoisotopic (exact) mass is 178 g/mol. The Kier molecular flexibility index (Phi) is 2.84. The minimum atomic E-state index is 0.434. The summed E-state index contributed by atoms with van der Waals surface area (Å²) in [5.41, 5.74) is 7.44. The number of rotatable bonds is 0. The summed E-state index contributed by atoms with van der Waals surface area (Å²) in [6.45, 7) is 5.98. The van der Waals surface area contributed by atoms with Crippen LogP contribution in [0.3, 0.4) is 0 Å². The molecule has 0 bridgehead atoms. The molecule has 0 saturated carbocycles. The van der Waals surface area contributed by atoms with Gasteiger partial charge in [0, 0.05) is 6.20 Å². The van der Waals surface area contributed by atoms with E-state index in [4.69, 9.17) is 5.73 Å². The van der Waals surface area contributed by atoms with Crippen molar-refractivity contribution in [3.63, 3.8) is 0 Å². The molecule has 0 unspecified atom stereocenters. The van der Waals surface area contributed by atoms with Crippen molar-refractivity contribution in [2.45, 2.75) is 20.8 Å². The van der Waals surface area contributed by atoms with Crippen molar-refractivity contribution in [2.75, 3.05) is 5.73 Å². The van der Waals surface area contributed by atoms with Gasteiger partial charge >= 0.3 is 0 Å². The average molecular weight is 178 g/mol. The van der Waals surface area contributed by atoms with Crippen LogP contribution in [0.2, 0.25) is 0 Å². The molecule has 2 aromatic rings. The second-order valence-electron chi connectivity index (χ2n) is 2.44. The molecule has 4 nitrogen and oxygen atoms in total. The van der Waals surface area contributed by atoms with Crippen LogP contribution in [0.4, 0.5) is 5.95 Å². The van der Waals surface area contributed by atoms with Crippen molar-refractivity contribution in [2.24, 2.45) is 0 Å². The molecule has 2 N–H and O–H groups in total. The molecule has 0 aromatic carbocycles. The van der Waals surface area contributed by atoms with E-state index in [-0.39, 0.29) is 0 Å². The Bertz CT molecular complexity index is 391. The number of hydrogen-bond acceptors (Lipinski definition) is 3. The minimum Gasteiger partial charge on any atom is -0.368 e. The molecule has 0 fully saturated rings. The molecule has 0 spiro atoms. The van der Waals surface area contributed by atoms with Crippen LogP contribution in [-0.2, 0) is 0 Å². The lowest BCUT2D eigenvalue weighted by molar-refractivity contribution is 1.12. The van der Waals surface area contributed by atoms with Gasteiger partial charge in [0.15, 0.2) is 5.65 Å². The molecule has 0 aliphatic carbocycles. The van der Waals surface area contributed by atoms with E-state index in [1.165, 1.54) is 0 Å². The Labute approximate surface area is 77.4 Å². The molecule has 2 heterocycles. The van der Waals surface area contributed by atoms with Gasteiger partial charge < -0.3 is 5.73 Å². The normalized spacial score (nSPS) is 9.46. The summed E-state index contributed by atoms with van der Waals surface area (Å²) >= 11 is 0. The van der Waals surface area contributed by atoms with Crippen molar-refractivity contribution >= 4 is 11.6 Å². The van der Waals surface area contributed by atoms with E-state index in [9.17, 15) is 0 Å².